The molecule has 0 bridgehead atoms. The van der Waals surface area contributed by atoms with Gasteiger partial charge in [0.15, 0.2) is 5.79 Å². The summed E-state index contributed by atoms with van der Waals surface area (Å²) in [5.41, 5.74) is 3.95. The van der Waals surface area contributed by atoms with Gasteiger partial charge in [0.25, 0.3) is 0 Å². The standard InChI is InChI=1S/C14H18N2O4/c1-10(11-3-5-12(17)6-4-11)15-16-13(18)9-14(2)19-7-8-20-14/h3-6,17H,7-9H2,1-2H3,(H,16,18)/b15-10-. The first kappa shape index (κ1) is 14.5. The summed E-state index contributed by atoms with van der Waals surface area (Å²) < 4.78 is 10.7. The Hall–Kier alpha value is -1.92. The van der Waals surface area contributed by atoms with Crippen molar-refractivity contribution in [3.63, 3.8) is 0 Å². The normalized spacial score (nSPS) is 18.0. The number of amides is 1. The minimum atomic E-state index is -0.855. The van der Waals surface area contributed by atoms with E-state index in [1.807, 2.05) is 0 Å². The number of nitrogens with one attached hydrogen (secondary N) is 1. The SMILES string of the molecule is C/C(=N/NC(=O)CC1(C)OCCO1)c1ccc(O)cc1. The van der Waals surface area contributed by atoms with Crippen LogP contribution >= 0.6 is 0 Å². The molecule has 1 aromatic carbocycles. The van der Waals surface area contributed by atoms with Gasteiger partial charge in [-0.25, -0.2) is 5.43 Å². The average molecular weight is 278 g/mol. The van der Waals surface area contributed by atoms with E-state index >= 15 is 0 Å². The first-order chi connectivity index (χ1) is 9.48. The van der Waals surface area contributed by atoms with Gasteiger partial charge in [0.2, 0.25) is 5.91 Å². The van der Waals surface area contributed by atoms with E-state index in [1.165, 1.54) is 0 Å². The summed E-state index contributed by atoms with van der Waals surface area (Å²) in [6, 6.07) is 6.59. The lowest BCUT2D eigenvalue weighted by Crippen LogP contribution is -2.33. The van der Waals surface area contributed by atoms with Crippen LogP contribution in [0, 0.1) is 0 Å². The number of hydrogen-bond donors (Lipinski definition) is 2. The van der Waals surface area contributed by atoms with E-state index in [2.05, 4.69) is 10.5 Å². The molecule has 0 aliphatic carbocycles. The molecule has 1 fully saturated rings. The van der Waals surface area contributed by atoms with Crippen LogP contribution in [0.4, 0.5) is 0 Å². The smallest absolute Gasteiger partial charge is 0.245 e. The Morgan fingerprint density at radius 3 is 2.55 bits per heavy atom. The van der Waals surface area contributed by atoms with Crippen LogP contribution in [-0.2, 0) is 14.3 Å². The van der Waals surface area contributed by atoms with Gasteiger partial charge in [-0.2, -0.15) is 5.10 Å². The second-order valence-electron chi connectivity index (χ2n) is 4.79. The molecule has 0 atom stereocenters. The van der Waals surface area contributed by atoms with Crippen molar-refractivity contribution in [2.45, 2.75) is 26.1 Å². The zero-order chi connectivity index (χ0) is 14.6. The second-order valence-corrected chi connectivity index (χ2v) is 4.79. The number of carbonyl (C=O) groups is 1. The molecule has 0 spiro atoms. The summed E-state index contributed by atoms with van der Waals surface area (Å²) in [7, 11) is 0. The van der Waals surface area contributed by atoms with Gasteiger partial charge in [0.1, 0.15) is 5.75 Å². The number of phenols is 1. The molecule has 0 radical (unpaired) electrons. The lowest BCUT2D eigenvalue weighted by atomic mass is 10.1. The average Bonchev–Trinajstić information content (AvgIpc) is 2.83. The molecule has 1 amide bonds. The number of carbonyl (C=O) groups excluding carboxylic acids is 1. The van der Waals surface area contributed by atoms with Gasteiger partial charge >= 0.3 is 0 Å². The van der Waals surface area contributed by atoms with E-state index in [-0.39, 0.29) is 18.1 Å². The van der Waals surface area contributed by atoms with Crippen LogP contribution in [0.15, 0.2) is 29.4 Å². The highest BCUT2D eigenvalue weighted by molar-refractivity contribution is 5.99. The monoisotopic (exact) mass is 278 g/mol. The molecule has 6 nitrogen and oxygen atoms in total. The third kappa shape index (κ3) is 3.79. The molecule has 0 aromatic heterocycles. The molecule has 1 aliphatic heterocycles. The highest BCUT2D eigenvalue weighted by Crippen LogP contribution is 2.22. The molecule has 20 heavy (non-hydrogen) atoms. The third-order valence-electron chi connectivity index (χ3n) is 3.01. The molecular formula is C14H18N2O4. The van der Waals surface area contributed by atoms with Crippen LogP contribution in [-0.4, -0.2) is 35.7 Å². The molecule has 2 N–H and O–H groups in total. The predicted octanol–water partition coefficient (Wildman–Crippen LogP) is 1.39. The van der Waals surface area contributed by atoms with Crippen molar-refractivity contribution in [3.8, 4) is 5.75 Å². The van der Waals surface area contributed by atoms with Crippen molar-refractivity contribution < 1.29 is 19.4 Å². The van der Waals surface area contributed by atoms with Gasteiger partial charge in [0, 0.05) is 0 Å². The van der Waals surface area contributed by atoms with Crippen LogP contribution in [0.25, 0.3) is 0 Å². The number of benzene rings is 1. The molecule has 0 unspecified atom stereocenters. The van der Waals surface area contributed by atoms with Gasteiger partial charge in [0.05, 0.1) is 25.3 Å². The number of ether oxygens (including phenoxy) is 2. The Morgan fingerprint density at radius 1 is 1.35 bits per heavy atom. The molecule has 1 aliphatic rings. The predicted molar refractivity (Wildman–Crippen MR) is 73.4 cm³/mol. The summed E-state index contributed by atoms with van der Waals surface area (Å²) >= 11 is 0. The summed E-state index contributed by atoms with van der Waals surface area (Å²) in [4.78, 5) is 11.8. The van der Waals surface area contributed by atoms with Crippen molar-refractivity contribution in [2.75, 3.05) is 13.2 Å². The third-order valence-corrected chi connectivity index (χ3v) is 3.01. The van der Waals surface area contributed by atoms with Crippen LogP contribution in [0.2, 0.25) is 0 Å². The van der Waals surface area contributed by atoms with Crippen LogP contribution in [0.5, 0.6) is 5.75 Å². The lowest BCUT2D eigenvalue weighted by molar-refractivity contribution is -0.159. The minimum Gasteiger partial charge on any atom is -0.508 e. The summed E-state index contributed by atoms with van der Waals surface area (Å²) in [6.45, 7) is 4.51. The summed E-state index contributed by atoms with van der Waals surface area (Å²) in [5, 5.41) is 13.2. The van der Waals surface area contributed by atoms with Gasteiger partial charge in [-0.05, 0) is 43.7 Å². The molecule has 1 aromatic rings. The Bertz CT molecular complexity index is 504. The molecular weight excluding hydrogens is 260 g/mol. The van der Waals surface area contributed by atoms with Gasteiger partial charge in [-0.1, -0.05) is 0 Å². The topological polar surface area (TPSA) is 80.2 Å². The fourth-order valence-corrected chi connectivity index (χ4v) is 1.90. The molecule has 1 saturated heterocycles. The van der Waals surface area contributed by atoms with E-state index in [1.54, 1.807) is 38.1 Å². The molecule has 6 heteroatoms. The highest BCUT2D eigenvalue weighted by atomic mass is 16.7. The second kappa shape index (κ2) is 6.02. The zero-order valence-corrected chi connectivity index (χ0v) is 11.5. The van der Waals surface area contributed by atoms with E-state index in [0.717, 1.165) is 5.56 Å². The van der Waals surface area contributed by atoms with E-state index in [4.69, 9.17) is 9.47 Å². The number of nitrogens with zero attached hydrogens (tertiary/aromatic N) is 1. The Labute approximate surface area is 117 Å². The van der Waals surface area contributed by atoms with Crippen molar-refractivity contribution >= 4 is 11.6 Å². The lowest BCUT2D eigenvalue weighted by Gasteiger charge is -2.20. The summed E-state index contributed by atoms with van der Waals surface area (Å²) in [5.74, 6) is -0.937. The summed E-state index contributed by atoms with van der Waals surface area (Å²) in [6.07, 6.45) is 0.0966. The minimum absolute atomic E-state index is 0.0966. The van der Waals surface area contributed by atoms with Crippen LogP contribution in [0.1, 0.15) is 25.8 Å². The zero-order valence-electron chi connectivity index (χ0n) is 11.5. The number of hydrogen-bond acceptors (Lipinski definition) is 5. The van der Waals surface area contributed by atoms with E-state index in [0.29, 0.717) is 18.9 Å². The maximum absolute atomic E-state index is 11.8. The number of aromatic hydroxyl groups is 1. The molecule has 0 saturated carbocycles. The quantitative estimate of drug-likeness (QED) is 0.644. The Kier molecular flexibility index (Phi) is 4.36. The maximum Gasteiger partial charge on any atom is 0.245 e. The van der Waals surface area contributed by atoms with Crippen LogP contribution in [0.3, 0.4) is 0 Å². The fourth-order valence-electron chi connectivity index (χ4n) is 1.90. The first-order valence-corrected chi connectivity index (χ1v) is 6.39. The number of rotatable bonds is 4. The van der Waals surface area contributed by atoms with Gasteiger partial charge in [-0.15, -0.1) is 0 Å². The largest absolute Gasteiger partial charge is 0.508 e. The highest BCUT2D eigenvalue weighted by Gasteiger charge is 2.33. The van der Waals surface area contributed by atoms with Crippen LogP contribution < -0.4 is 5.43 Å². The van der Waals surface area contributed by atoms with E-state index < -0.39 is 5.79 Å². The van der Waals surface area contributed by atoms with Crippen molar-refractivity contribution in [1.82, 2.24) is 5.43 Å². The molecule has 108 valence electrons. The maximum atomic E-state index is 11.8. The van der Waals surface area contributed by atoms with Gasteiger partial charge < -0.3 is 14.6 Å². The number of hydrazone groups is 1. The van der Waals surface area contributed by atoms with Crippen molar-refractivity contribution in [1.29, 1.82) is 0 Å². The molecule has 2 rings (SSSR count). The Morgan fingerprint density at radius 2 is 1.95 bits per heavy atom. The molecule has 1 heterocycles. The van der Waals surface area contributed by atoms with Crippen molar-refractivity contribution in [3.05, 3.63) is 29.8 Å². The van der Waals surface area contributed by atoms with Crippen molar-refractivity contribution in [2.24, 2.45) is 5.10 Å². The Balaban J connectivity index is 1.91. The van der Waals surface area contributed by atoms with Gasteiger partial charge in [-0.3, -0.25) is 4.79 Å². The fraction of sp³-hybridized carbons (Fsp3) is 0.429. The van der Waals surface area contributed by atoms with E-state index in [9.17, 15) is 9.90 Å². The number of phenolic OH excluding ortho intramolecular Hbond substituents is 1. The first-order valence-electron chi connectivity index (χ1n) is 6.39.